The second-order valence-corrected chi connectivity index (χ2v) is 3.98. The molecule has 0 radical (unpaired) electrons. The maximum Gasteiger partial charge on any atom is 0.141 e. The van der Waals surface area contributed by atoms with Gasteiger partial charge in [-0.2, -0.15) is 5.26 Å². The van der Waals surface area contributed by atoms with Gasteiger partial charge in [-0.25, -0.2) is 4.39 Å². The molecule has 0 saturated carbocycles. The summed E-state index contributed by atoms with van der Waals surface area (Å²) in [6.07, 6.45) is 2.43. The van der Waals surface area contributed by atoms with Crippen LogP contribution >= 0.6 is 0 Å². The minimum Gasteiger partial charge on any atom is -0.382 e. The minimum absolute atomic E-state index is 0.328. The van der Waals surface area contributed by atoms with Crippen molar-refractivity contribution in [2.75, 3.05) is 0 Å². The van der Waals surface area contributed by atoms with E-state index < -0.39 is 17.3 Å². The van der Waals surface area contributed by atoms with Crippen LogP contribution in [-0.2, 0) is 5.60 Å². The Morgan fingerprint density at radius 2 is 2.31 bits per heavy atom. The van der Waals surface area contributed by atoms with Crippen molar-refractivity contribution >= 4 is 0 Å². The molecule has 0 aromatic carbocycles. The molecule has 0 aliphatic rings. The van der Waals surface area contributed by atoms with Crippen molar-refractivity contribution in [3.8, 4) is 6.07 Å². The van der Waals surface area contributed by atoms with Gasteiger partial charge >= 0.3 is 0 Å². The lowest BCUT2D eigenvalue weighted by atomic mass is 9.84. The summed E-state index contributed by atoms with van der Waals surface area (Å²) in [5.41, 5.74) is -1.01. The van der Waals surface area contributed by atoms with Gasteiger partial charge in [0.05, 0.1) is 23.9 Å². The molecule has 2 atom stereocenters. The van der Waals surface area contributed by atoms with E-state index in [1.54, 1.807) is 0 Å². The Balaban J connectivity index is 3.00. The average molecular weight is 222 g/mol. The number of pyridine rings is 1. The number of rotatable bonds is 4. The molecule has 2 unspecified atom stereocenters. The van der Waals surface area contributed by atoms with Crippen LogP contribution in [0.25, 0.3) is 0 Å². The predicted molar refractivity (Wildman–Crippen MR) is 57.8 cm³/mol. The lowest BCUT2D eigenvalue weighted by Gasteiger charge is -2.27. The molecular formula is C12H15FN2O. The van der Waals surface area contributed by atoms with E-state index in [2.05, 4.69) is 11.1 Å². The van der Waals surface area contributed by atoms with Crippen molar-refractivity contribution in [3.05, 3.63) is 29.8 Å². The molecule has 0 aliphatic heterocycles. The van der Waals surface area contributed by atoms with Crippen molar-refractivity contribution in [1.82, 2.24) is 4.98 Å². The Bertz CT molecular complexity index is 381. The van der Waals surface area contributed by atoms with Gasteiger partial charge < -0.3 is 5.11 Å². The molecule has 1 N–H and O–H groups in total. The third-order valence-electron chi connectivity index (χ3n) is 2.66. The zero-order chi connectivity index (χ0) is 12.2. The Morgan fingerprint density at radius 1 is 1.62 bits per heavy atom. The zero-order valence-electron chi connectivity index (χ0n) is 9.44. The highest BCUT2D eigenvalue weighted by molar-refractivity contribution is 5.16. The summed E-state index contributed by atoms with van der Waals surface area (Å²) in [6.45, 7) is 3.48. The van der Waals surface area contributed by atoms with Crippen LogP contribution in [0.15, 0.2) is 18.3 Å². The summed E-state index contributed by atoms with van der Waals surface area (Å²) in [5, 5.41) is 19.3. The van der Waals surface area contributed by atoms with E-state index in [4.69, 9.17) is 5.26 Å². The molecular weight excluding hydrogens is 207 g/mol. The molecule has 3 nitrogen and oxygen atoms in total. The van der Waals surface area contributed by atoms with E-state index in [1.807, 2.05) is 6.92 Å². The summed E-state index contributed by atoms with van der Waals surface area (Å²) >= 11 is 0. The van der Waals surface area contributed by atoms with E-state index in [0.29, 0.717) is 12.1 Å². The number of aromatic nitrogens is 1. The van der Waals surface area contributed by atoms with E-state index >= 15 is 0 Å². The minimum atomic E-state index is -1.33. The van der Waals surface area contributed by atoms with E-state index in [-0.39, 0.29) is 0 Å². The maximum absolute atomic E-state index is 12.7. The van der Waals surface area contributed by atoms with E-state index in [0.717, 1.165) is 12.6 Å². The van der Waals surface area contributed by atoms with Gasteiger partial charge in [-0.1, -0.05) is 13.3 Å². The third-order valence-corrected chi connectivity index (χ3v) is 2.66. The van der Waals surface area contributed by atoms with Crippen LogP contribution in [0.3, 0.4) is 0 Å². The van der Waals surface area contributed by atoms with Crippen LogP contribution < -0.4 is 0 Å². The molecule has 1 aromatic heterocycles. The molecule has 0 fully saturated rings. The van der Waals surface area contributed by atoms with Gasteiger partial charge in [-0.05, 0) is 25.5 Å². The lowest BCUT2D eigenvalue weighted by Crippen LogP contribution is -2.32. The first-order chi connectivity index (χ1) is 7.52. The zero-order valence-corrected chi connectivity index (χ0v) is 9.44. The quantitative estimate of drug-likeness (QED) is 0.850. The molecule has 1 aromatic rings. The first-order valence-corrected chi connectivity index (χ1v) is 5.26. The summed E-state index contributed by atoms with van der Waals surface area (Å²) in [5.74, 6) is -0.987. The molecule has 1 rings (SSSR count). The van der Waals surface area contributed by atoms with E-state index in [1.165, 1.54) is 19.1 Å². The summed E-state index contributed by atoms with van der Waals surface area (Å²) in [4.78, 5) is 3.82. The predicted octanol–water partition coefficient (Wildman–Crippen LogP) is 2.37. The molecule has 4 heteroatoms. The van der Waals surface area contributed by atoms with Crippen molar-refractivity contribution in [2.24, 2.45) is 5.92 Å². The van der Waals surface area contributed by atoms with Crippen molar-refractivity contribution in [1.29, 1.82) is 5.26 Å². The smallest absolute Gasteiger partial charge is 0.141 e. The standard InChI is InChI=1S/C12H15FN2O/c1-3-4-9(7-14)12(2,16)11-6-5-10(13)8-15-11/h5-6,8-9,16H,3-4H2,1-2H3. The number of aliphatic hydroxyl groups is 1. The molecule has 0 aliphatic carbocycles. The maximum atomic E-state index is 12.7. The van der Waals surface area contributed by atoms with Gasteiger partial charge in [0.25, 0.3) is 0 Å². The van der Waals surface area contributed by atoms with Crippen molar-refractivity contribution in [2.45, 2.75) is 32.3 Å². The van der Waals surface area contributed by atoms with Gasteiger partial charge in [0.2, 0.25) is 0 Å². The van der Waals surface area contributed by atoms with Crippen LogP contribution in [0.2, 0.25) is 0 Å². The average Bonchev–Trinajstić information content (AvgIpc) is 2.26. The van der Waals surface area contributed by atoms with Gasteiger partial charge in [-0.15, -0.1) is 0 Å². The van der Waals surface area contributed by atoms with Crippen molar-refractivity contribution < 1.29 is 9.50 Å². The highest BCUT2D eigenvalue weighted by Crippen LogP contribution is 2.30. The third kappa shape index (κ3) is 2.56. The highest BCUT2D eigenvalue weighted by atomic mass is 19.1. The summed E-state index contributed by atoms with van der Waals surface area (Å²) in [6, 6.07) is 4.72. The number of nitriles is 1. The Kier molecular flexibility index (Phi) is 3.97. The van der Waals surface area contributed by atoms with Gasteiger partial charge in [-0.3, -0.25) is 4.98 Å². The molecule has 16 heavy (non-hydrogen) atoms. The molecule has 86 valence electrons. The fourth-order valence-electron chi connectivity index (χ4n) is 1.61. The number of nitrogens with zero attached hydrogens (tertiary/aromatic N) is 2. The van der Waals surface area contributed by atoms with Gasteiger partial charge in [0.1, 0.15) is 11.4 Å². The van der Waals surface area contributed by atoms with Crippen LogP contribution in [0.4, 0.5) is 4.39 Å². The normalized spacial score (nSPS) is 16.2. The van der Waals surface area contributed by atoms with Crippen LogP contribution in [0, 0.1) is 23.1 Å². The van der Waals surface area contributed by atoms with Crippen LogP contribution in [-0.4, -0.2) is 10.1 Å². The van der Waals surface area contributed by atoms with Crippen LogP contribution in [0.1, 0.15) is 32.4 Å². The fourth-order valence-corrected chi connectivity index (χ4v) is 1.61. The van der Waals surface area contributed by atoms with Gasteiger partial charge in [0.15, 0.2) is 0 Å². The molecule has 1 heterocycles. The fraction of sp³-hybridized carbons (Fsp3) is 0.500. The van der Waals surface area contributed by atoms with Crippen LogP contribution in [0.5, 0.6) is 0 Å². The number of hydrogen-bond donors (Lipinski definition) is 1. The summed E-state index contributed by atoms with van der Waals surface area (Å²) < 4.78 is 12.7. The first kappa shape index (κ1) is 12.6. The largest absolute Gasteiger partial charge is 0.382 e. The lowest BCUT2D eigenvalue weighted by molar-refractivity contribution is 0.00878. The van der Waals surface area contributed by atoms with Gasteiger partial charge in [0, 0.05) is 0 Å². The Morgan fingerprint density at radius 3 is 2.75 bits per heavy atom. The second-order valence-electron chi connectivity index (χ2n) is 3.98. The SMILES string of the molecule is CCCC(C#N)C(C)(O)c1ccc(F)cn1. The molecule has 0 saturated heterocycles. The van der Waals surface area contributed by atoms with Crippen molar-refractivity contribution in [3.63, 3.8) is 0 Å². The summed E-state index contributed by atoms with van der Waals surface area (Å²) in [7, 11) is 0. The number of hydrogen-bond acceptors (Lipinski definition) is 3. The van der Waals surface area contributed by atoms with E-state index in [9.17, 15) is 9.50 Å². The molecule has 0 spiro atoms. The monoisotopic (exact) mass is 222 g/mol. The highest BCUT2D eigenvalue weighted by Gasteiger charge is 2.34. The molecule has 0 bridgehead atoms. The topological polar surface area (TPSA) is 56.9 Å². The first-order valence-electron chi connectivity index (χ1n) is 5.26. The Labute approximate surface area is 94.6 Å². The Hall–Kier alpha value is -1.47. The molecule has 0 amide bonds. The second kappa shape index (κ2) is 5.04. The number of halogens is 1.